The Morgan fingerprint density at radius 2 is 1.94 bits per heavy atom. The predicted molar refractivity (Wildman–Crippen MR) is 114 cm³/mol. The fraction of sp³-hybridized carbons (Fsp3) is 0.200. The van der Waals surface area contributed by atoms with Gasteiger partial charge in [0.25, 0.3) is 5.91 Å². The minimum absolute atomic E-state index is 0.123. The zero-order valence-electron chi connectivity index (χ0n) is 16.5. The van der Waals surface area contributed by atoms with E-state index < -0.39 is 11.9 Å². The molecule has 2 aromatic carbocycles. The Kier molecular flexibility index (Phi) is 6.13. The third-order valence-corrected chi connectivity index (χ3v) is 5.05. The summed E-state index contributed by atoms with van der Waals surface area (Å²) in [6, 6.07) is 11.8. The van der Waals surface area contributed by atoms with Crippen molar-refractivity contribution in [2.45, 2.75) is 13.5 Å². The number of nitrogens with zero attached hydrogens (tertiary/aromatic N) is 2. The van der Waals surface area contributed by atoms with Crippen molar-refractivity contribution in [1.82, 2.24) is 15.5 Å². The molecule has 0 saturated carbocycles. The molecule has 160 valence electrons. The number of aromatic nitrogens is 2. The Bertz CT molecular complexity index is 1100. The average molecular weight is 441 g/mol. The van der Waals surface area contributed by atoms with Crippen LogP contribution in [0.15, 0.2) is 42.5 Å². The molecular weight excluding hydrogens is 422 g/mol. The molecule has 0 unspecified atom stereocenters. The van der Waals surface area contributed by atoms with E-state index in [0.717, 1.165) is 11.3 Å². The molecule has 3 N–H and O–H groups in total. The maximum absolute atomic E-state index is 12.4. The first-order valence-corrected chi connectivity index (χ1v) is 10.2. The number of urea groups is 1. The van der Waals surface area contributed by atoms with Crippen LogP contribution in [-0.4, -0.2) is 35.5 Å². The molecule has 1 aliphatic rings. The molecule has 0 atom stereocenters. The van der Waals surface area contributed by atoms with Crippen LogP contribution in [0.3, 0.4) is 0 Å². The third-order valence-electron chi connectivity index (χ3n) is 4.13. The summed E-state index contributed by atoms with van der Waals surface area (Å²) in [4.78, 5) is 24.6. The van der Waals surface area contributed by atoms with Gasteiger partial charge in [-0.05, 0) is 31.2 Å². The number of benzene rings is 2. The van der Waals surface area contributed by atoms with Crippen LogP contribution in [0.4, 0.5) is 16.2 Å². The van der Waals surface area contributed by atoms with Crippen LogP contribution in [0.25, 0.3) is 0 Å². The largest absolute Gasteiger partial charge is 0.492 e. The van der Waals surface area contributed by atoms with Gasteiger partial charge < -0.3 is 30.2 Å². The van der Waals surface area contributed by atoms with E-state index in [2.05, 4.69) is 26.1 Å². The molecule has 0 radical (unpaired) electrons. The zero-order valence-corrected chi connectivity index (χ0v) is 17.3. The molecule has 31 heavy (non-hydrogen) atoms. The quantitative estimate of drug-likeness (QED) is 0.514. The number of hydrogen-bond acceptors (Lipinski definition) is 8. The smallest absolute Gasteiger partial charge is 0.319 e. The van der Waals surface area contributed by atoms with Gasteiger partial charge in [-0.25, -0.2) is 4.79 Å². The van der Waals surface area contributed by atoms with Gasteiger partial charge in [-0.15, -0.1) is 10.2 Å². The van der Waals surface area contributed by atoms with Crippen molar-refractivity contribution >= 4 is 34.6 Å². The summed E-state index contributed by atoms with van der Waals surface area (Å²) in [5.41, 5.74) is 1.11. The minimum atomic E-state index is -0.422. The lowest BCUT2D eigenvalue weighted by molar-refractivity contribution is 0.102. The highest BCUT2D eigenvalue weighted by Gasteiger charge is 2.17. The number of nitrogens with one attached hydrogen (secondary N) is 3. The summed E-state index contributed by atoms with van der Waals surface area (Å²) in [6.07, 6.45) is 0. The van der Waals surface area contributed by atoms with Crippen LogP contribution in [0.5, 0.6) is 17.2 Å². The first-order chi connectivity index (χ1) is 15.1. The summed E-state index contributed by atoms with van der Waals surface area (Å²) in [5, 5.41) is 16.7. The van der Waals surface area contributed by atoms with Crippen LogP contribution in [0.2, 0.25) is 0 Å². The van der Waals surface area contributed by atoms with Crippen LogP contribution in [0.1, 0.15) is 21.7 Å². The highest BCUT2D eigenvalue weighted by Crippen LogP contribution is 2.34. The molecule has 1 aromatic heterocycles. The van der Waals surface area contributed by atoms with Gasteiger partial charge in [0.2, 0.25) is 11.8 Å². The van der Waals surface area contributed by atoms with Crippen LogP contribution in [0, 0.1) is 0 Å². The molecule has 0 saturated heterocycles. The zero-order chi connectivity index (χ0) is 21.6. The van der Waals surface area contributed by atoms with Gasteiger partial charge in [0.05, 0.1) is 18.8 Å². The summed E-state index contributed by atoms with van der Waals surface area (Å²) < 4.78 is 16.0. The molecule has 2 heterocycles. The Morgan fingerprint density at radius 1 is 1.10 bits per heavy atom. The first-order valence-electron chi connectivity index (χ1n) is 9.42. The molecular formula is C20H19N5O5S. The number of para-hydroxylation sites is 2. The summed E-state index contributed by atoms with van der Waals surface area (Å²) in [7, 11) is 0. The lowest BCUT2D eigenvalue weighted by Gasteiger charge is -2.11. The fourth-order valence-corrected chi connectivity index (χ4v) is 3.42. The van der Waals surface area contributed by atoms with Gasteiger partial charge in [-0.2, -0.15) is 0 Å². The van der Waals surface area contributed by atoms with Crippen molar-refractivity contribution in [3.63, 3.8) is 0 Å². The van der Waals surface area contributed by atoms with Crippen LogP contribution < -0.4 is 30.2 Å². The van der Waals surface area contributed by atoms with Gasteiger partial charge in [-0.3, -0.25) is 4.79 Å². The SMILES string of the molecule is CCOc1ccccc1NC(=O)NCc1nnc(C(=O)Nc2ccc3c(c2)OCO3)s1. The average Bonchev–Trinajstić information content (AvgIpc) is 3.43. The molecule has 4 rings (SSSR count). The number of rotatable bonds is 7. The fourth-order valence-electron chi connectivity index (χ4n) is 2.75. The number of carbonyl (C=O) groups excluding carboxylic acids is 2. The second kappa shape index (κ2) is 9.30. The van der Waals surface area contributed by atoms with E-state index in [9.17, 15) is 9.59 Å². The topological polar surface area (TPSA) is 124 Å². The van der Waals surface area contributed by atoms with E-state index in [4.69, 9.17) is 14.2 Å². The van der Waals surface area contributed by atoms with Crippen molar-refractivity contribution in [3.05, 3.63) is 52.5 Å². The van der Waals surface area contributed by atoms with Gasteiger partial charge >= 0.3 is 6.03 Å². The number of ether oxygens (including phenoxy) is 3. The number of amides is 3. The normalized spacial score (nSPS) is 11.6. The molecule has 0 aliphatic carbocycles. The summed E-state index contributed by atoms with van der Waals surface area (Å²) in [5.74, 6) is 1.37. The van der Waals surface area contributed by atoms with Gasteiger partial charge in [0.1, 0.15) is 10.8 Å². The van der Waals surface area contributed by atoms with E-state index >= 15 is 0 Å². The second-order valence-electron chi connectivity index (χ2n) is 6.26. The number of anilines is 2. The van der Waals surface area contributed by atoms with Crippen molar-refractivity contribution in [3.8, 4) is 17.2 Å². The molecule has 3 amide bonds. The Morgan fingerprint density at radius 3 is 2.81 bits per heavy atom. The van der Waals surface area contributed by atoms with E-state index in [1.54, 1.807) is 36.4 Å². The number of fused-ring (bicyclic) bond motifs is 1. The van der Waals surface area contributed by atoms with Crippen LogP contribution in [-0.2, 0) is 6.54 Å². The molecule has 3 aromatic rings. The molecule has 0 spiro atoms. The van der Waals surface area contributed by atoms with Crippen molar-refractivity contribution in [1.29, 1.82) is 0 Å². The predicted octanol–water partition coefficient (Wildman–Crippen LogP) is 3.24. The van der Waals surface area contributed by atoms with Gasteiger partial charge in [0, 0.05) is 11.8 Å². The van der Waals surface area contributed by atoms with E-state index in [1.165, 1.54) is 0 Å². The monoisotopic (exact) mass is 441 g/mol. The first kappa shape index (κ1) is 20.4. The van der Waals surface area contributed by atoms with Gasteiger partial charge in [0.15, 0.2) is 11.5 Å². The molecule has 0 fully saturated rings. The Hall–Kier alpha value is -3.86. The van der Waals surface area contributed by atoms with E-state index in [1.807, 2.05) is 13.0 Å². The molecule has 11 heteroatoms. The number of hydrogen-bond donors (Lipinski definition) is 3. The minimum Gasteiger partial charge on any atom is -0.492 e. The standard InChI is InChI=1S/C20H19N5O5S/c1-2-28-14-6-4-3-5-13(14)23-20(27)21-10-17-24-25-19(31-17)18(26)22-12-7-8-15-16(9-12)30-11-29-15/h3-9H,2,10-11H2,1H3,(H,22,26)(H2,21,23,27). The Labute approximate surface area is 181 Å². The third kappa shape index (κ3) is 5.01. The number of carbonyl (C=O) groups is 2. The maximum atomic E-state index is 12.4. The molecule has 10 nitrogen and oxygen atoms in total. The highest BCUT2D eigenvalue weighted by atomic mass is 32.1. The Balaban J connectivity index is 1.31. The highest BCUT2D eigenvalue weighted by molar-refractivity contribution is 7.13. The summed E-state index contributed by atoms with van der Waals surface area (Å²) >= 11 is 1.09. The lowest BCUT2D eigenvalue weighted by atomic mass is 10.3. The van der Waals surface area contributed by atoms with Crippen LogP contribution >= 0.6 is 11.3 Å². The van der Waals surface area contributed by atoms with Crippen molar-refractivity contribution < 1.29 is 23.8 Å². The van der Waals surface area contributed by atoms with E-state index in [0.29, 0.717) is 40.2 Å². The van der Waals surface area contributed by atoms with Crippen molar-refractivity contribution in [2.75, 3.05) is 24.0 Å². The van der Waals surface area contributed by atoms with Crippen molar-refractivity contribution in [2.24, 2.45) is 0 Å². The molecule has 0 bridgehead atoms. The lowest BCUT2D eigenvalue weighted by Crippen LogP contribution is -2.28. The van der Waals surface area contributed by atoms with Gasteiger partial charge in [-0.1, -0.05) is 23.5 Å². The summed E-state index contributed by atoms with van der Waals surface area (Å²) in [6.45, 7) is 2.64. The maximum Gasteiger partial charge on any atom is 0.319 e. The molecule has 1 aliphatic heterocycles. The second-order valence-corrected chi connectivity index (χ2v) is 7.32. The van der Waals surface area contributed by atoms with E-state index in [-0.39, 0.29) is 18.3 Å².